The minimum atomic E-state index is -0.883. The van der Waals surface area contributed by atoms with Gasteiger partial charge >= 0.3 is 12.0 Å². The summed E-state index contributed by atoms with van der Waals surface area (Å²) in [4.78, 5) is 22.4. The van der Waals surface area contributed by atoms with Crippen molar-refractivity contribution >= 4 is 12.0 Å². The number of nitrogens with one attached hydrogen (secondary N) is 2. The highest BCUT2D eigenvalue weighted by Gasteiger charge is 2.24. The summed E-state index contributed by atoms with van der Waals surface area (Å²) in [7, 11) is 0. The summed E-state index contributed by atoms with van der Waals surface area (Å²) < 4.78 is 0. The fraction of sp³-hybridized carbons (Fsp3) is 0.846. The van der Waals surface area contributed by atoms with Crippen LogP contribution in [0, 0.1) is 11.3 Å². The van der Waals surface area contributed by atoms with Gasteiger partial charge in [0.2, 0.25) is 0 Å². The third-order valence-corrected chi connectivity index (χ3v) is 2.86. The van der Waals surface area contributed by atoms with Crippen LogP contribution in [-0.4, -0.2) is 29.7 Å². The van der Waals surface area contributed by atoms with E-state index >= 15 is 0 Å². The standard InChI is InChI=1S/C13H24N2O3/c1-13(2,3)7-10(6-11(16)17)15-12(18)14-8-9-4-5-9/h9-10H,4-8H2,1-3H3,(H,16,17)(H2,14,15,18). The molecule has 0 heterocycles. The Hall–Kier alpha value is -1.26. The molecule has 104 valence electrons. The summed E-state index contributed by atoms with van der Waals surface area (Å²) in [6.07, 6.45) is 2.98. The van der Waals surface area contributed by atoms with Crippen molar-refractivity contribution in [1.29, 1.82) is 0 Å². The second kappa shape index (κ2) is 6.07. The highest BCUT2D eigenvalue weighted by atomic mass is 16.4. The maximum Gasteiger partial charge on any atom is 0.315 e. The molecule has 1 unspecified atom stereocenters. The Bertz CT molecular complexity index is 306. The van der Waals surface area contributed by atoms with E-state index in [-0.39, 0.29) is 23.9 Å². The van der Waals surface area contributed by atoms with Gasteiger partial charge in [-0.3, -0.25) is 4.79 Å². The number of hydrogen-bond acceptors (Lipinski definition) is 2. The van der Waals surface area contributed by atoms with E-state index in [0.29, 0.717) is 18.9 Å². The summed E-state index contributed by atoms with van der Waals surface area (Å²) in [5.41, 5.74) is -0.0100. The fourth-order valence-corrected chi connectivity index (χ4v) is 1.92. The Morgan fingerprint density at radius 1 is 1.33 bits per heavy atom. The number of rotatable bonds is 6. The van der Waals surface area contributed by atoms with Crippen molar-refractivity contribution in [3.8, 4) is 0 Å². The molecule has 1 aliphatic rings. The number of urea groups is 1. The molecule has 0 bridgehead atoms. The lowest BCUT2D eigenvalue weighted by Gasteiger charge is -2.25. The summed E-state index contributed by atoms with van der Waals surface area (Å²) >= 11 is 0. The van der Waals surface area contributed by atoms with Crippen LogP contribution in [-0.2, 0) is 4.79 Å². The molecule has 2 amide bonds. The SMILES string of the molecule is CC(C)(C)CC(CC(=O)O)NC(=O)NCC1CC1. The van der Waals surface area contributed by atoms with Gasteiger partial charge in [0, 0.05) is 12.6 Å². The van der Waals surface area contributed by atoms with E-state index in [1.165, 1.54) is 12.8 Å². The maximum atomic E-state index is 11.6. The Morgan fingerprint density at radius 3 is 2.39 bits per heavy atom. The molecule has 0 saturated heterocycles. The van der Waals surface area contributed by atoms with E-state index in [2.05, 4.69) is 10.6 Å². The average molecular weight is 256 g/mol. The first kappa shape index (κ1) is 14.8. The molecule has 0 aromatic carbocycles. The quantitative estimate of drug-likeness (QED) is 0.680. The van der Waals surface area contributed by atoms with Crippen molar-refractivity contribution in [2.75, 3.05) is 6.54 Å². The van der Waals surface area contributed by atoms with Gasteiger partial charge in [-0.25, -0.2) is 4.79 Å². The van der Waals surface area contributed by atoms with Gasteiger partial charge in [0.1, 0.15) is 0 Å². The molecule has 18 heavy (non-hydrogen) atoms. The van der Waals surface area contributed by atoms with Crippen molar-refractivity contribution in [2.45, 2.75) is 52.5 Å². The highest BCUT2D eigenvalue weighted by Crippen LogP contribution is 2.27. The van der Waals surface area contributed by atoms with E-state index in [1.54, 1.807) is 0 Å². The molecular weight excluding hydrogens is 232 g/mol. The van der Waals surface area contributed by atoms with E-state index in [9.17, 15) is 9.59 Å². The van der Waals surface area contributed by atoms with Gasteiger partial charge in [-0.2, -0.15) is 0 Å². The van der Waals surface area contributed by atoms with Gasteiger partial charge < -0.3 is 15.7 Å². The van der Waals surface area contributed by atoms with Gasteiger partial charge in [-0.1, -0.05) is 20.8 Å². The Morgan fingerprint density at radius 2 is 1.94 bits per heavy atom. The third-order valence-electron chi connectivity index (χ3n) is 2.86. The lowest BCUT2D eigenvalue weighted by molar-refractivity contribution is -0.137. The molecule has 1 fully saturated rings. The monoisotopic (exact) mass is 256 g/mol. The predicted molar refractivity (Wildman–Crippen MR) is 69.4 cm³/mol. The Balaban J connectivity index is 2.37. The Kier molecular flexibility index (Phi) is 4.99. The van der Waals surface area contributed by atoms with E-state index in [1.807, 2.05) is 20.8 Å². The largest absolute Gasteiger partial charge is 0.481 e. The van der Waals surface area contributed by atoms with Crippen LogP contribution < -0.4 is 10.6 Å². The van der Waals surface area contributed by atoms with Crippen LogP contribution in [0.15, 0.2) is 0 Å². The van der Waals surface area contributed by atoms with Gasteiger partial charge in [0.15, 0.2) is 0 Å². The number of carbonyl (C=O) groups is 2. The predicted octanol–water partition coefficient (Wildman–Crippen LogP) is 1.98. The molecule has 1 saturated carbocycles. The van der Waals surface area contributed by atoms with Crippen molar-refractivity contribution in [3.05, 3.63) is 0 Å². The second-order valence-corrected chi connectivity index (χ2v) is 6.36. The lowest BCUT2D eigenvalue weighted by Crippen LogP contribution is -2.45. The highest BCUT2D eigenvalue weighted by molar-refractivity contribution is 5.75. The van der Waals surface area contributed by atoms with Crippen LogP contribution >= 0.6 is 0 Å². The normalized spacial score (nSPS) is 17.1. The zero-order valence-corrected chi connectivity index (χ0v) is 11.5. The van der Waals surface area contributed by atoms with Gasteiger partial charge in [0.05, 0.1) is 6.42 Å². The fourth-order valence-electron chi connectivity index (χ4n) is 1.92. The molecule has 0 aliphatic heterocycles. The molecule has 5 heteroatoms. The van der Waals surface area contributed by atoms with Crippen LogP contribution in [0.25, 0.3) is 0 Å². The minimum Gasteiger partial charge on any atom is -0.481 e. The number of carboxylic acid groups (broad SMARTS) is 1. The topological polar surface area (TPSA) is 78.4 Å². The lowest BCUT2D eigenvalue weighted by atomic mass is 9.87. The van der Waals surface area contributed by atoms with Gasteiger partial charge in [0.25, 0.3) is 0 Å². The van der Waals surface area contributed by atoms with Crippen LogP contribution in [0.1, 0.15) is 46.5 Å². The molecule has 0 spiro atoms. The first-order valence-corrected chi connectivity index (χ1v) is 6.52. The van der Waals surface area contributed by atoms with Crippen molar-refractivity contribution < 1.29 is 14.7 Å². The average Bonchev–Trinajstić information content (AvgIpc) is 2.93. The molecule has 0 aromatic heterocycles. The van der Waals surface area contributed by atoms with Crippen LogP contribution in [0.2, 0.25) is 0 Å². The smallest absolute Gasteiger partial charge is 0.315 e. The molecule has 0 aromatic rings. The summed E-state index contributed by atoms with van der Waals surface area (Å²) in [6, 6.07) is -0.570. The van der Waals surface area contributed by atoms with Crippen LogP contribution in [0.4, 0.5) is 4.79 Å². The molecule has 3 N–H and O–H groups in total. The summed E-state index contributed by atoms with van der Waals surface area (Å²) in [5.74, 6) is -0.261. The first-order valence-electron chi connectivity index (χ1n) is 6.52. The summed E-state index contributed by atoms with van der Waals surface area (Å²) in [6.45, 7) is 6.80. The van der Waals surface area contributed by atoms with E-state index in [0.717, 1.165) is 0 Å². The van der Waals surface area contributed by atoms with Crippen molar-refractivity contribution in [2.24, 2.45) is 11.3 Å². The van der Waals surface area contributed by atoms with Gasteiger partial charge in [-0.15, -0.1) is 0 Å². The molecule has 1 aliphatic carbocycles. The zero-order valence-electron chi connectivity index (χ0n) is 11.5. The number of hydrogen-bond donors (Lipinski definition) is 3. The molecular formula is C13H24N2O3. The zero-order chi connectivity index (χ0) is 13.8. The summed E-state index contributed by atoms with van der Waals surface area (Å²) in [5, 5.41) is 14.4. The van der Waals surface area contributed by atoms with Crippen LogP contribution in [0.3, 0.4) is 0 Å². The van der Waals surface area contributed by atoms with E-state index in [4.69, 9.17) is 5.11 Å². The molecule has 0 radical (unpaired) electrons. The second-order valence-electron chi connectivity index (χ2n) is 6.36. The van der Waals surface area contributed by atoms with Crippen molar-refractivity contribution in [3.63, 3.8) is 0 Å². The number of carboxylic acids is 1. The Labute approximate surface area is 108 Å². The third kappa shape index (κ3) is 7.14. The molecule has 1 rings (SSSR count). The molecule has 5 nitrogen and oxygen atoms in total. The first-order chi connectivity index (χ1) is 8.26. The number of amides is 2. The minimum absolute atomic E-state index is 0.0100. The number of aliphatic carboxylic acids is 1. The number of carbonyl (C=O) groups excluding carboxylic acids is 1. The van der Waals surface area contributed by atoms with Crippen LogP contribution in [0.5, 0.6) is 0 Å². The van der Waals surface area contributed by atoms with Crippen molar-refractivity contribution in [1.82, 2.24) is 10.6 Å². The molecule has 1 atom stereocenters. The maximum absolute atomic E-state index is 11.6. The van der Waals surface area contributed by atoms with Gasteiger partial charge in [-0.05, 0) is 30.6 Å². The van der Waals surface area contributed by atoms with E-state index < -0.39 is 5.97 Å².